The molecule has 1 aliphatic carbocycles. The summed E-state index contributed by atoms with van der Waals surface area (Å²) >= 11 is 9.90. The van der Waals surface area contributed by atoms with Gasteiger partial charge < -0.3 is 4.74 Å². The highest BCUT2D eigenvalue weighted by Crippen LogP contribution is 2.32. The first-order valence-electron chi connectivity index (χ1n) is 12.3. The van der Waals surface area contributed by atoms with Gasteiger partial charge in [0.2, 0.25) is 0 Å². The van der Waals surface area contributed by atoms with Crippen molar-refractivity contribution in [2.45, 2.75) is 44.6 Å². The highest BCUT2D eigenvalue weighted by Gasteiger charge is 2.22. The summed E-state index contributed by atoms with van der Waals surface area (Å²) in [5.74, 6) is 1.30. The van der Waals surface area contributed by atoms with Crippen LogP contribution in [0.4, 0.5) is 5.69 Å². The van der Waals surface area contributed by atoms with Gasteiger partial charge in [-0.2, -0.15) is 9.78 Å². The van der Waals surface area contributed by atoms with E-state index < -0.39 is 4.92 Å². The summed E-state index contributed by atoms with van der Waals surface area (Å²) in [6.07, 6.45) is 6.96. The predicted octanol–water partition coefficient (Wildman–Crippen LogP) is 7.23. The third-order valence-electron chi connectivity index (χ3n) is 6.60. The minimum absolute atomic E-state index is 0.00197. The predicted molar refractivity (Wildman–Crippen MR) is 151 cm³/mol. The zero-order valence-electron chi connectivity index (χ0n) is 20.3. The highest BCUT2D eigenvalue weighted by molar-refractivity contribution is 9.10. The Morgan fingerprint density at radius 1 is 1.13 bits per heavy atom. The second-order valence-corrected chi connectivity index (χ2v) is 10.6. The fraction of sp³-hybridized carbons (Fsp3) is 0.250. The van der Waals surface area contributed by atoms with Crippen molar-refractivity contribution < 1.29 is 9.66 Å². The van der Waals surface area contributed by atoms with Crippen molar-refractivity contribution >= 4 is 50.3 Å². The van der Waals surface area contributed by atoms with Crippen molar-refractivity contribution in [3.8, 4) is 5.75 Å². The second-order valence-electron chi connectivity index (χ2n) is 9.23. The zero-order valence-corrected chi connectivity index (χ0v) is 22.7. The molecule has 194 valence electrons. The van der Waals surface area contributed by atoms with Crippen LogP contribution in [0, 0.1) is 10.1 Å². The first kappa shape index (κ1) is 26.1. The standard InChI is InChI=1S/C28H24BrClN4O4/c29-21-10-11-25-23(15-21)28(35)33(27(32-25)20-6-2-1-3-7-20)31-16-18-9-12-26(24(30)14-18)38-17-19-5-4-8-22(13-19)34(36)37/h4-5,8-16,20H,1-3,6-7,17H2. The number of nitro benzene ring substituents is 1. The average Bonchev–Trinajstić information content (AvgIpc) is 2.93. The van der Waals surface area contributed by atoms with Gasteiger partial charge >= 0.3 is 0 Å². The van der Waals surface area contributed by atoms with Gasteiger partial charge in [0.15, 0.2) is 0 Å². The summed E-state index contributed by atoms with van der Waals surface area (Å²) in [7, 11) is 0. The van der Waals surface area contributed by atoms with E-state index in [0.29, 0.717) is 38.6 Å². The molecule has 0 aliphatic heterocycles. The molecule has 38 heavy (non-hydrogen) atoms. The van der Waals surface area contributed by atoms with Crippen LogP contribution in [0.25, 0.3) is 10.9 Å². The van der Waals surface area contributed by atoms with Crippen LogP contribution in [0.3, 0.4) is 0 Å². The molecule has 1 saturated carbocycles. The van der Waals surface area contributed by atoms with E-state index in [2.05, 4.69) is 21.0 Å². The SMILES string of the molecule is O=c1c2cc(Br)ccc2nc(C2CCCCC2)n1N=Cc1ccc(OCc2cccc([N+](=O)[O-])c2)c(Cl)c1. The first-order chi connectivity index (χ1) is 18.4. The molecule has 8 nitrogen and oxygen atoms in total. The Kier molecular flexibility index (Phi) is 7.85. The molecule has 0 unspecified atom stereocenters. The molecule has 0 saturated heterocycles. The van der Waals surface area contributed by atoms with E-state index in [9.17, 15) is 14.9 Å². The maximum Gasteiger partial charge on any atom is 0.282 e. The van der Waals surface area contributed by atoms with Crippen molar-refractivity contribution in [3.05, 3.63) is 108 Å². The lowest BCUT2D eigenvalue weighted by molar-refractivity contribution is -0.384. The number of ether oxygens (including phenoxy) is 1. The number of benzene rings is 3. The Bertz CT molecular complexity index is 1600. The van der Waals surface area contributed by atoms with Crippen LogP contribution < -0.4 is 10.3 Å². The van der Waals surface area contributed by atoms with E-state index in [0.717, 1.165) is 30.2 Å². The van der Waals surface area contributed by atoms with E-state index in [1.807, 2.05) is 12.1 Å². The summed E-state index contributed by atoms with van der Waals surface area (Å²) < 4.78 is 8.01. The summed E-state index contributed by atoms with van der Waals surface area (Å²) in [4.78, 5) is 28.9. The third-order valence-corrected chi connectivity index (χ3v) is 7.39. The summed E-state index contributed by atoms with van der Waals surface area (Å²) in [5, 5.41) is 16.4. The quantitative estimate of drug-likeness (QED) is 0.127. The lowest BCUT2D eigenvalue weighted by Crippen LogP contribution is -2.25. The monoisotopic (exact) mass is 594 g/mol. The third kappa shape index (κ3) is 5.79. The molecule has 0 bridgehead atoms. The van der Waals surface area contributed by atoms with Crippen molar-refractivity contribution in [2.24, 2.45) is 5.10 Å². The number of aromatic nitrogens is 2. The molecule has 0 radical (unpaired) electrons. The topological polar surface area (TPSA) is 99.6 Å². The minimum Gasteiger partial charge on any atom is -0.487 e. The van der Waals surface area contributed by atoms with Gasteiger partial charge in [0.1, 0.15) is 18.2 Å². The smallest absolute Gasteiger partial charge is 0.282 e. The Hall–Kier alpha value is -3.56. The van der Waals surface area contributed by atoms with Gasteiger partial charge in [0.05, 0.1) is 27.1 Å². The zero-order chi connectivity index (χ0) is 26.6. The Morgan fingerprint density at radius 3 is 2.71 bits per heavy atom. The number of hydrogen-bond acceptors (Lipinski definition) is 6. The molecule has 10 heteroatoms. The summed E-state index contributed by atoms with van der Waals surface area (Å²) in [6.45, 7) is 0.132. The van der Waals surface area contributed by atoms with Gasteiger partial charge in [-0.25, -0.2) is 4.98 Å². The van der Waals surface area contributed by atoms with Crippen LogP contribution >= 0.6 is 27.5 Å². The van der Waals surface area contributed by atoms with Gasteiger partial charge in [-0.1, -0.05) is 58.9 Å². The number of nitro groups is 1. The van der Waals surface area contributed by atoms with Crippen molar-refractivity contribution in [2.75, 3.05) is 0 Å². The number of nitrogens with zero attached hydrogens (tertiary/aromatic N) is 4. The largest absolute Gasteiger partial charge is 0.487 e. The van der Waals surface area contributed by atoms with Gasteiger partial charge in [-0.05, 0) is 60.4 Å². The van der Waals surface area contributed by atoms with Gasteiger partial charge in [0.25, 0.3) is 11.2 Å². The van der Waals surface area contributed by atoms with E-state index >= 15 is 0 Å². The Labute approximate surface area is 232 Å². The molecule has 1 fully saturated rings. The summed E-state index contributed by atoms with van der Waals surface area (Å²) in [6, 6.07) is 17.0. The average molecular weight is 596 g/mol. The lowest BCUT2D eigenvalue weighted by atomic mass is 9.88. The molecular formula is C28H24BrClN4O4. The fourth-order valence-corrected chi connectivity index (χ4v) is 5.27. The maximum absolute atomic E-state index is 13.5. The van der Waals surface area contributed by atoms with E-state index in [-0.39, 0.29) is 23.8 Å². The molecule has 0 N–H and O–H groups in total. The number of non-ortho nitro benzene ring substituents is 1. The molecule has 4 aromatic rings. The van der Waals surface area contributed by atoms with Crippen molar-refractivity contribution in [1.29, 1.82) is 0 Å². The lowest BCUT2D eigenvalue weighted by Gasteiger charge is -2.22. The molecule has 1 aliphatic rings. The molecule has 0 amide bonds. The normalized spacial score (nSPS) is 14.3. The summed E-state index contributed by atoms with van der Waals surface area (Å²) in [5.41, 5.74) is 1.80. The molecular weight excluding hydrogens is 572 g/mol. The number of rotatable bonds is 7. The molecule has 0 spiro atoms. The number of hydrogen-bond donors (Lipinski definition) is 0. The highest BCUT2D eigenvalue weighted by atomic mass is 79.9. The Morgan fingerprint density at radius 2 is 1.95 bits per heavy atom. The van der Waals surface area contributed by atoms with Crippen LogP contribution in [-0.2, 0) is 6.61 Å². The molecule has 0 atom stereocenters. The van der Waals surface area contributed by atoms with E-state index in [1.54, 1.807) is 42.6 Å². The first-order valence-corrected chi connectivity index (χ1v) is 13.5. The van der Waals surface area contributed by atoms with Crippen LogP contribution in [0.2, 0.25) is 5.02 Å². The molecule has 1 heterocycles. The van der Waals surface area contributed by atoms with E-state index in [4.69, 9.17) is 21.3 Å². The molecule has 3 aromatic carbocycles. The van der Waals surface area contributed by atoms with Gasteiger partial charge in [-0.15, -0.1) is 0 Å². The minimum atomic E-state index is -0.445. The molecule has 5 rings (SSSR count). The maximum atomic E-state index is 13.5. The number of halogens is 2. The van der Waals surface area contributed by atoms with Crippen LogP contribution in [-0.4, -0.2) is 20.8 Å². The number of fused-ring (bicyclic) bond motifs is 1. The second kappa shape index (κ2) is 11.4. The van der Waals surface area contributed by atoms with Gasteiger partial charge in [-0.3, -0.25) is 14.9 Å². The van der Waals surface area contributed by atoms with Crippen molar-refractivity contribution in [3.63, 3.8) is 0 Å². The van der Waals surface area contributed by atoms with Crippen LogP contribution in [0.5, 0.6) is 5.75 Å². The Balaban J connectivity index is 1.41. The fourth-order valence-electron chi connectivity index (χ4n) is 4.66. The van der Waals surface area contributed by atoms with Crippen LogP contribution in [0.1, 0.15) is 55.0 Å². The van der Waals surface area contributed by atoms with Gasteiger partial charge in [0, 0.05) is 22.5 Å². The van der Waals surface area contributed by atoms with E-state index in [1.165, 1.54) is 23.2 Å². The van der Waals surface area contributed by atoms with Crippen LogP contribution in [0.15, 0.2) is 75.0 Å². The molecule has 1 aromatic heterocycles. The van der Waals surface area contributed by atoms with Crippen molar-refractivity contribution in [1.82, 2.24) is 9.66 Å².